The smallest absolute Gasteiger partial charge is 0.141 e. The highest BCUT2D eigenvalue weighted by molar-refractivity contribution is 7.99. The van der Waals surface area contributed by atoms with E-state index in [4.69, 9.17) is 10.9 Å². The summed E-state index contributed by atoms with van der Waals surface area (Å²) < 4.78 is 0. The van der Waals surface area contributed by atoms with Crippen LogP contribution in [0.2, 0.25) is 0 Å². The first-order chi connectivity index (χ1) is 6.76. The molecule has 1 rings (SSSR count). The third-order valence-electron chi connectivity index (χ3n) is 1.73. The van der Waals surface area contributed by atoms with Crippen LogP contribution >= 0.6 is 11.8 Å². The number of hydrogen-bond donors (Lipinski definition) is 3. The molecule has 0 aliphatic heterocycles. The van der Waals surface area contributed by atoms with Crippen molar-refractivity contribution in [2.75, 3.05) is 12.0 Å². The number of thioether (sulfide) groups is 1. The molecule has 1 aromatic rings. The zero-order valence-corrected chi connectivity index (χ0v) is 8.92. The number of hydrogen-bond acceptors (Lipinski definition) is 5. The van der Waals surface area contributed by atoms with Gasteiger partial charge in [-0.2, -0.15) is 0 Å². The molecule has 1 atom stereocenters. The number of hydrazine groups is 1. The number of nitrogens with zero attached hydrogens (tertiary/aromatic N) is 1. The van der Waals surface area contributed by atoms with Crippen molar-refractivity contribution in [1.29, 1.82) is 0 Å². The summed E-state index contributed by atoms with van der Waals surface area (Å²) >= 11 is 1.63. The maximum Gasteiger partial charge on any atom is 0.141 e. The molecule has 78 valence electrons. The molecule has 0 fully saturated rings. The van der Waals surface area contributed by atoms with Crippen molar-refractivity contribution in [2.24, 2.45) is 5.84 Å². The number of aliphatic hydroxyl groups is 1. The van der Waals surface area contributed by atoms with Crippen molar-refractivity contribution >= 4 is 17.6 Å². The molecule has 0 saturated heterocycles. The number of aromatic nitrogens is 1. The number of nitrogens with two attached hydrogens (primary N) is 1. The molecule has 4 N–H and O–H groups in total. The van der Waals surface area contributed by atoms with Gasteiger partial charge in [0.05, 0.1) is 5.03 Å². The molecule has 0 amide bonds. The quantitative estimate of drug-likeness (QED) is 0.390. The summed E-state index contributed by atoms with van der Waals surface area (Å²) in [6, 6.07) is 5.64. The van der Waals surface area contributed by atoms with Gasteiger partial charge in [0.25, 0.3) is 0 Å². The maximum absolute atomic E-state index is 8.75. The van der Waals surface area contributed by atoms with E-state index in [9.17, 15) is 0 Å². The van der Waals surface area contributed by atoms with Crippen LogP contribution in [0.5, 0.6) is 0 Å². The van der Waals surface area contributed by atoms with E-state index in [0.717, 1.165) is 11.4 Å². The van der Waals surface area contributed by atoms with Crippen LogP contribution in [0.15, 0.2) is 23.2 Å². The Morgan fingerprint density at radius 3 is 3.07 bits per heavy atom. The van der Waals surface area contributed by atoms with E-state index in [2.05, 4.69) is 17.3 Å². The third-order valence-corrected chi connectivity index (χ3v) is 2.84. The lowest BCUT2D eigenvalue weighted by molar-refractivity contribution is 0.289. The second-order valence-electron chi connectivity index (χ2n) is 2.95. The Morgan fingerprint density at radius 2 is 2.43 bits per heavy atom. The predicted molar refractivity (Wildman–Crippen MR) is 59.1 cm³/mol. The molecular weight excluding hydrogens is 198 g/mol. The van der Waals surface area contributed by atoms with E-state index in [1.807, 2.05) is 12.1 Å². The Bertz CT molecular complexity index is 283. The fraction of sp³-hybridized carbons (Fsp3) is 0.444. The molecule has 0 aliphatic rings. The molecular formula is C9H15N3OS. The standard InChI is InChI=1S/C9H15N3OS/c1-7(5-6-13)14-9-4-2-3-8(11-9)12-10/h2-4,7,13H,5-6,10H2,1H3,(H,11,12). The SMILES string of the molecule is CC(CCO)Sc1cccc(NN)n1. The average molecular weight is 213 g/mol. The van der Waals surface area contributed by atoms with E-state index in [1.165, 1.54) is 0 Å². The summed E-state index contributed by atoms with van der Waals surface area (Å²) in [6.45, 7) is 2.27. The predicted octanol–water partition coefficient (Wildman–Crippen LogP) is 1.23. The molecule has 1 heterocycles. The molecule has 0 aromatic carbocycles. The van der Waals surface area contributed by atoms with Gasteiger partial charge in [0.2, 0.25) is 0 Å². The lowest BCUT2D eigenvalue weighted by Crippen LogP contribution is -2.08. The molecule has 0 saturated carbocycles. The van der Waals surface area contributed by atoms with E-state index in [-0.39, 0.29) is 6.61 Å². The van der Waals surface area contributed by atoms with Crippen molar-refractivity contribution in [2.45, 2.75) is 23.6 Å². The molecule has 1 aromatic heterocycles. The van der Waals surface area contributed by atoms with Gasteiger partial charge < -0.3 is 10.5 Å². The monoisotopic (exact) mass is 213 g/mol. The summed E-state index contributed by atoms with van der Waals surface area (Å²) in [5.74, 6) is 5.90. The highest BCUT2D eigenvalue weighted by Crippen LogP contribution is 2.23. The van der Waals surface area contributed by atoms with Crippen molar-refractivity contribution < 1.29 is 5.11 Å². The highest BCUT2D eigenvalue weighted by atomic mass is 32.2. The van der Waals surface area contributed by atoms with Gasteiger partial charge in [-0.25, -0.2) is 10.8 Å². The summed E-state index contributed by atoms with van der Waals surface area (Å²) in [7, 11) is 0. The second-order valence-corrected chi connectivity index (χ2v) is 4.40. The molecule has 0 radical (unpaired) electrons. The molecule has 0 bridgehead atoms. The zero-order chi connectivity index (χ0) is 10.4. The summed E-state index contributed by atoms with van der Waals surface area (Å²) in [5.41, 5.74) is 2.50. The van der Waals surface area contributed by atoms with Crippen LogP contribution in [-0.2, 0) is 0 Å². The first-order valence-electron chi connectivity index (χ1n) is 4.47. The molecule has 0 spiro atoms. The van der Waals surface area contributed by atoms with Crippen molar-refractivity contribution in [3.8, 4) is 0 Å². The lowest BCUT2D eigenvalue weighted by atomic mass is 10.3. The Balaban J connectivity index is 2.57. The van der Waals surface area contributed by atoms with Crippen LogP contribution in [0.4, 0.5) is 5.82 Å². The van der Waals surface area contributed by atoms with Crippen molar-refractivity contribution in [3.05, 3.63) is 18.2 Å². The van der Waals surface area contributed by atoms with Crippen LogP contribution < -0.4 is 11.3 Å². The largest absolute Gasteiger partial charge is 0.396 e. The number of nitrogen functional groups attached to an aromatic ring is 1. The van der Waals surface area contributed by atoms with Gasteiger partial charge in [-0.1, -0.05) is 13.0 Å². The fourth-order valence-electron chi connectivity index (χ4n) is 1.01. The minimum absolute atomic E-state index is 0.211. The fourth-order valence-corrected chi connectivity index (χ4v) is 1.95. The highest BCUT2D eigenvalue weighted by Gasteiger charge is 2.04. The van der Waals surface area contributed by atoms with E-state index >= 15 is 0 Å². The van der Waals surface area contributed by atoms with Crippen LogP contribution in [0.1, 0.15) is 13.3 Å². The van der Waals surface area contributed by atoms with Gasteiger partial charge in [0, 0.05) is 11.9 Å². The number of nitrogens with one attached hydrogen (secondary N) is 1. The first kappa shape index (κ1) is 11.3. The third kappa shape index (κ3) is 3.53. The number of aliphatic hydroxyl groups excluding tert-OH is 1. The summed E-state index contributed by atoms with van der Waals surface area (Å²) in [5, 5.41) is 10.0. The van der Waals surface area contributed by atoms with E-state index < -0.39 is 0 Å². The topological polar surface area (TPSA) is 71.2 Å². The van der Waals surface area contributed by atoms with Crippen molar-refractivity contribution in [3.63, 3.8) is 0 Å². The number of pyridine rings is 1. The summed E-state index contributed by atoms with van der Waals surface area (Å²) in [4.78, 5) is 4.26. The Kier molecular flexibility index (Phi) is 4.72. The maximum atomic E-state index is 8.75. The van der Waals surface area contributed by atoms with E-state index in [1.54, 1.807) is 17.8 Å². The van der Waals surface area contributed by atoms with Crippen LogP contribution in [0.25, 0.3) is 0 Å². The van der Waals surface area contributed by atoms with Gasteiger partial charge in [-0.05, 0) is 18.6 Å². The van der Waals surface area contributed by atoms with Gasteiger partial charge >= 0.3 is 0 Å². The zero-order valence-electron chi connectivity index (χ0n) is 8.10. The van der Waals surface area contributed by atoms with Crippen LogP contribution in [0, 0.1) is 0 Å². The molecule has 1 unspecified atom stereocenters. The normalized spacial score (nSPS) is 12.5. The molecule has 14 heavy (non-hydrogen) atoms. The van der Waals surface area contributed by atoms with E-state index in [0.29, 0.717) is 11.1 Å². The minimum Gasteiger partial charge on any atom is -0.396 e. The second kappa shape index (κ2) is 5.85. The van der Waals surface area contributed by atoms with Crippen LogP contribution in [-0.4, -0.2) is 21.9 Å². The Hall–Kier alpha value is -0.780. The number of rotatable bonds is 5. The number of anilines is 1. The summed E-state index contributed by atoms with van der Waals surface area (Å²) in [6.07, 6.45) is 0.770. The first-order valence-corrected chi connectivity index (χ1v) is 5.35. The van der Waals surface area contributed by atoms with Crippen LogP contribution in [0.3, 0.4) is 0 Å². The average Bonchev–Trinajstić information content (AvgIpc) is 2.18. The molecule has 5 heteroatoms. The molecule has 0 aliphatic carbocycles. The van der Waals surface area contributed by atoms with Gasteiger partial charge in [-0.3, -0.25) is 0 Å². The lowest BCUT2D eigenvalue weighted by Gasteiger charge is -2.09. The Morgan fingerprint density at radius 1 is 1.64 bits per heavy atom. The Labute approximate surface area is 87.9 Å². The molecule has 4 nitrogen and oxygen atoms in total. The van der Waals surface area contributed by atoms with Crippen molar-refractivity contribution in [1.82, 2.24) is 4.98 Å². The minimum atomic E-state index is 0.211. The van der Waals surface area contributed by atoms with Gasteiger partial charge in [-0.15, -0.1) is 11.8 Å². The van der Waals surface area contributed by atoms with Gasteiger partial charge in [0.15, 0.2) is 0 Å². The van der Waals surface area contributed by atoms with Gasteiger partial charge in [0.1, 0.15) is 5.82 Å².